The molecule has 0 amide bonds. The summed E-state index contributed by atoms with van der Waals surface area (Å²) >= 11 is 1.26. The molecule has 0 fully saturated rings. The lowest BCUT2D eigenvalue weighted by Gasteiger charge is -1.97. The van der Waals surface area contributed by atoms with Gasteiger partial charge in [-0.05, 0) is 13.0 Å². The molecule has 0 N–H and O–H groups in total. The SMILES string of the molecule is C/C=C/c1nc2sccn2c(=O)c1[N+](=O)[O-]. The van der Waals surface area contributed by atoms with E-state index in [1.54, 1.807) is 18.4 Å². The zero-order chi connectivity index (χ0) is 11.7. The molecule has 0 aromatic carbocycles. The van der Waals surface area contributed by atoms with Crippen LogP contribution in [0.2, 0.25) is 0 Å². The average Bonchev–Trinajstić information content (AvgIpc) is 2.65. The normalized spacial score (nSPS) is 11.3. The van der Waals surface area contributed by atoms with Gasteiger partial charge in [-0.1, -0.05) is 6.08 Å². The summed E-state index contributed by atoms with van der Waals surface area (Å²) in [5, 5.41) is 12.5. The van der Waals surface area contributed by atoms with Crippen LogP contribution in [0.1, 0.15) is 12.6 Å². The Labute approximate surface area is 93.6 Å². The first-order valence-corrected chi connectivity index (χ1v) is 5.30. The Morgan fingerprint density at radius 2 is 2.38 bits per heavy atom. The molecule has 6 nitrogen and oxygen atoms in total. The number of hydrogen-bond donors (Lipinski definition) is 0. The summed E-state index contributed by atoms with van der Waals surface area (Å²) in [6, 6.07) is 0. The quantitative estimate of drug-likeness (QED) is 0.588. The molecule has 0 aliphatic heterocycles. The van der Waals surface area contributed by atoms with Crippen LogP contribution < -0.4 is 5.56 Å². The molecular formula is C9H7N3O3S. The van der Waals surface area contributed by atoms with Crippen LogP contribution in [0.5, 0.6) is 0 Å². The predicted octanol–water partition coefficient (Wildman–Crippen LogP) is 1.70. The van der Waals surface area contributed by atoms with Gasteiger partial charge in [-0.25, -0.2) is 4.98 Å². The van der Waals surface area contributed by atoms with Gasteiger partial charge in [-0.15, -0.1) is 11.3 Å². The number of nitro groups is 1. The highest BCUT2D eigenvalue weighted by Gasteiger charge is 2.21. The van der Waals surface area contributed by atoms with Crippen LogP contribution in [0, 0.1) is 10.1 Å². The second-order valence-corrected chi connectivity index (χ2v) is 3.84. The third-order valence-electron chi connectivity index (χ3n) is 1.98. The molecule has 0 bridgehead atoms. The van der Waals surface area contributed by atoms with Crippen molar-refractivity contribution >= 4 is 28.1 Å². The zero-order valence-electron chi connectivity index (χ0n) is 8.28. The molecular weight excluding hydrogens is 230 g/mol. The minimum atomic E-state index is -0.700. The second kappa shape index (κ2) is 3.86. The van der Waals surface area contributed by atoms with E-state index in [0.717, 1.165) is 0 Å². The van der Waals surface area contributed by atoms with Crippen molar-refractivity contribution in [3.63, 3.8) is 0 Å². The standard InChI is InChI=1S/C9H7N3O3S/c1-2-3-6-7(12(14)15)8(13)11-4-5-16-9(11)10-6/h2-5H,1H3/b3-2+. The van der Waals surface area contributed by atoms with E-state index in [9.17, 15) is 14.9 Å². The number of nitrogens with zero attached hydrogens (tertiary/aromatic N) is 3. The Morgan fingerprint density at radius 1 is 1.62 bits per heavy atom. The van der Waals surface area contributed by atoms with Gasteiger partial charge in [0.15, 0.2) is 4.96 Å². The number of fused-ring (bicyclic) bond motifs is 1. The summed E-state index contributed by atoms with van der Waals surface area (Å²) < 4.78 is 1.18. The van der Waals surface area contributed by atoms with Crippen LogP contribution in [0.15, 0.2) is 22.4 Å². The fourth-order valence-corrected chi connectivity index (χ4v) is 2.05. The molecule has 2 heterocycles. The monoisotopic (exact) mass is 237 g/mol. The van der Waals surface area contributed by atoms with Gasteiger partial charge in [-0.2, -0.15) is 0 Å². The molecule has 0 saturated carbocycles. The maximum atomic E-state index is 11.8. The highest BCUT2D eigenvalue weighted by Crippen LogP contribution is 2.16. The Kier molecular flexibility index (Phi) is 2.53. The van der Waals surface area contributed by atoms with Gasteiger partial charge in [0.2, 0.25) is 0 Å². The zero-order valence-corrected chi connectivity index (χ0v) is 9.10. The van der Waals surface area contributed by atoms with Gasteiger partial charge in [0.05, 0.1) is 4.92 Å². The summed E-state index contributed by atoms with van der Waals surface area (Å²) in [7, 11) is 0. The predicted molar refractivity (Wildman–Crippen MR) is 60.7 cm³/mol. The topological polar surface area (TPSA) is 77.5 Å². The fourth-order valence-electron chi connectivity index (χ4n) is 1.33. The van der Waals surface area contributed by atoms with E-state index >= 15 is 0 Å². The summed E-state index contributed by atoms with van der Waals surface area (Å²) in [6.45, 7) is 1.71. The number of thiazole rings is 1. The fraction of sp³-hybridized carbons (Fsp3) is 0.111. The molecule has 0 radical (unpaired) electrons. The molecule has 0 atom stereocenters. The largest absolute Gasteiger partial charge is 0.359 e. The average molecular weight is 237 g/mol. The molecule has 2 aromatic heterocycles. The van der Waals surface area contributed by atoms with E-state index in [4.69, 9.17) is 0 Å². The summed E-state index contributed by atoms with van der Waals surface area (Å²) in [4.78, 5) is 26.4. The summed E-state index contributed by atoms with van der Waals surface area (Å²) in [6.07, 6.45) is 4.54. The van der Waals surface area contributed by atoms with Gasteiger partial charge in [0, 0.05) is 11.6 Å². The van der Waals surface area contributed by atoms with Crippen LogP contribution in [0.4, 0.5) is 5.69 Å². The van der Waals surface area contributed by atoms with Crippen molar-refractivity contribution in [3.8, 4) is 0 Å². The molecule has 16 heavy (non-hydrogen) atoms. The van der Waals surface area contributed by atoms with Gasteiger partial charge in [-0.3, -0.25) is 19.3 Å². The third kappa shape index (κ3) is 1.50. The first-order valence-electron chi connectivity index (χ1n) is 4.42. The summed E-state index contributed by atoms with van der Waals surface area (Å²) in [5.41, 5.74) is -1.04. The van der Waals surface area contributed by atoms with Crippen molar-refractivity contribution in [2.45, 2.75) is 6.92 Å². The number of allylic oxidation sites excluding steroid dienone is 1. The van der Waals surface area contributed by atoms with Crippen LogP contribution in [0.25, 0.3) is 11.0 Å². The van der Waals surface area contributed by atoms with Crippen LogP contribution >= 0.6 is 11.3 Å². The molecule has 0 aliphatic rings. The highest BCUT2D eigenvalue weighted by atomic mass is 32.1. The molecule has 2 rings (SSSR count). The number of hydrogen-bond acceptors (Lipinski definition) is 5. The molecule has 0 unspecified atom stereocenters. The molecule has 7 heteroatoms. The third-order valence-corrected chi connectivity index (χ3v) is 2.73. The van der Waals surface area contributed by atoms with E-state index in [-0.39, 0.29) is 5.69 Å². The second-order valence-electron chi connectivity index (χ2n) is 2.96. The summed E-state index contributed by atoms with van der Waals surface area (Å²) in [5.74, 6) is 0. The maximum absolute atomic E-state index is 11.8. The van der Waals surface area contributed by atoms with E-state index in [2.05, 4.69) is 4.98 Å². The minimum Gasteiger partial charge on any atom is -0.261 e. The smallest absolute Gasteiger partial charge is 0.261 e. The first-order chi connectivity index (χ1) is 7.65. The van der Waals surface area contributed by atoms with E-state index in [1.165, 1.54) is 28.0 Å². The lowest BCUT2D eigenvalue weighted by Crippen LogP contribution is -2.18. The van der Waals surface area contributed by atoms with E-state index in [1.807, 2.05) is 0 Å². The molecule has 2 aromatic rings. The van der Waals surface area contributed by atoms with Crippen molar-refractivity contribution in [1.82, 2.24) is 9.38 Å². The Morgan fingerprint density at radius 3 is 3.00 bits per heavy atom. The van der Waals surface area contributed by atoms with Crippen molar-refractivity contribution in [3.05, 3.63) is 43.8 Å². The Balaban J connectivity index is 2.91. The van der Waals surface area contributed by atoms with Crippen molar-refractivity contribution < 1.29 is 4.92 Å². The van der Waals surface area contributed by atoms with E-state index < -0.39 is 16.2 Å². The van der Waals surface area contributed by atoms with Gasteiger partial charge in [0.1, 0.15) is 5.69 Å². The lowest BCUT2D eigenvalue weighted by atomic mass is 10.3. The minimum absolute atomic E-state index is 0.0972. The number of rotatable bonds is 2. The molecule has 0 spiro atoms. The van der Waals surface area contributed by atoms with Crippen LogP contribution in [0.3, 0.4) is 0 Å². The van der Waals surface area contributed by atoms with Crippen LogP contribution in [-0.4, -0.2) is 14.3 Å². The van der Waals surface area contributed by atoms with Crippen molar-refractivity contribution in [2.75, 3.05) is 0 Å². The van der Waals surface area contributed by atoms with Crippen molar-refractivity contribution in [2.24, 2.45) is 0 Å². The highest BCUT2D eigenvalue weighted by molar-refractivity contribution is 7.15. The van der Waals surface area contributed by atoms with E-state index in [0.29, 0.717) is 4.96 Å². The van der Waals surface area contributed by atoms with Gasteiger partial charge < -0.3 is 0 Å². The lowest BCUT2D eigenvalue weighted by molar-refractivity contribution is -0.386. The Bertz CT molecular complexity index is 641. The maximum Gasteiger partial charge on any atom is 0.359 e. The Hall–Kier alpha value is -2.02. The molecule has 82 valence electrons. The number of aromatic nitrogens is 2. The molecule has 0 aliphatic carbocycles. The van der Waals surface area contributed by atoms with Crippen LogP contribution in [-0.2, 0) is 0 Å². The van der Waals surface area contributed by atoms with Crippen molar-refractivity contribution in [1.29, 1.82) is 0 Å². The van der Waals surface area contributed by atoms with Gasteiger partial charge in [0.25, 0.3) is 0 Å². The molecule has 0 saturated heterocycles. The van der Waals surface area contributed by atoms with Gasteiger partial charge >= 0.3 is 11.2 Å². The first kappa shape index (κ1) is 10.5.